The van der Waals surface area contributed by atoms with E-state index in [-0.39, 0.29) is 17.9 Å². The van der Waals surface area contributed by atoms with E-state index in [0.29, 0.717) is 47.9 Å². The molecule has 11 heteroatoms. The molecule has 1 N–H and O–H groups in total. The smallest absolute Gasteiger partial charge is 0.410 e. The number of carbonyl (C=O) groups excluding carboxylic acids is 1. The number of aromatic nitrogens is 3. The molecule has 172 valence electrons. The quantitative estimate of drug-likeness (QED) is 0.458. The molecule has 34 heavy (non-hydrogen) atoms. The summed E-state index contributed by atoms with van der Waals surface area (Å²) in [4.78, 5) is 24.5. The number of nitrogens with one attached hydrogen (secondary N) is 1. The van der Waals surface area contributed by atoms with E-state index < -0.39 is 6.09 Å². The molecule has 2 aliphatic heterocycles. The number of amides is 1. The van der Waals surface area contributed by atoms with Crippen LogP contribution in [-0.4, -0.2) is 40.5 Å². The van der Waals surface area contributed by atoms with Crippen LogP contribution in [0.1, 0.15) is 16.6 Å². The third-order valence-corrected chi connectivity index (χ3v) is 6.79. The molecule has 4 heterocycles. The lowest BCUT2D eigenvalue weighted by Gasteiger charge is -2.43. The molecule has 2 aromatic carbocycles. The zero-order valence-electron chi connectivity index (χ0n) is 17.7. The molecule has 2 unspecified atom stereocenters. The molecule has 0 saturated carbocycles. The maximum atomic E-state index is 13.3. The summed E-state index contributed by atoms with van der Waals surface area (Å²) < 4.78 is 30.0. The number of hydrogen-bond acceptors (Lipinski definition) is 9. The molecule has 6 rings (SSSR count). The van der Waals surface area contributed by atoms with Crippen LogP contribution in [0.25, 0.3) is 11.4 Å². The van der Waals surface area contributed by atoms with Gasteiger partial charge in [0.05, 0.1) is 35.9 Å². The van der Waals surface area contributed by atoms with Gasteiger partial charge in [0.1, 0.15) is 11.6 Å². The van der Waals surface area contributed by atoms with Crippen molar-refractivity contribution in [2.45, 2.75) is 18.5 Å². The van der Waals surface area contributed by atoms with Crippen molar-refractivity contribution in [1.29, 1.82) is 0 Å². The highest BCUT2D eigenvalue weighted by atomic mass is 32.1. The fourth-order valence-electron chi connectivity index (χ4n) is 4.17. The van der Waals surface area contributed by atoms with Gasteiger partial charge in [0, 0.05) is 12.0 Å². The monoisotopic (exact) mass is 479 g/mol. The van der Waals surface area contributed by atoms with Crippen LogP contribution in [0.3, 0.4) is 0 Å². The van der Waals surface area contributed by atoms with E-state index in [0.717, 1.165) is 10.6 Å². The summed E-state index contributed by atoms with van der Waals surface area (Å²) in [5.74, 6) is 0.505. The van der Waals surface area contributed by atoms with E-state index in [9.17, 15) is 9.18 Å². The number of anilines is 2. The van der Waals surface area contributed by atoms with E-state index in [2.05, 4.69) is 25.3 Å². The molecule has 2 bridgehead atoms. The predicted octanol–water partition coefficient (Wildman–Crippen LogP) is 4.45. The van der Waals surface area contributed by atoms with Gasteiger partial charge < -0.3 is 18.9 Å². The number of rotatable bonds is 4. The Morgan fingerprint density at radius 2 is 1.94 bits per heavy atom. The number of ether oxygens (including phenoxy) is 2. The van der Waals surface area contributed by atoms with Crippen molar-refractivity contribution in [3.8, 4) is 17.1 Å². The maximum Gasteiger partial charge on any atom is 0.418 e. The zero-order valence-corrected chi connectivity index (χ0v) is 18.5. The maximum absolute atomic E-state index is 13.3. The predicted molar refractivity (Wildman–Crippen MR) is 121 cm³/mol. The van der Waals surface area contributed by atoms with Gasteiger partial charge in [-0.05, 0) is 36.4 Å². The summed E-state index contributed by atoms with van der Waals surface area (Å²) in [5, 5.41) is 7.25. The average molecular weight is 479 g/mol. The van der Waals surface area contributed by atoms with Gasteiger partial charge in [-0.15, -0.1) is 0 Å². The van der Waals surface area contributed by atoms with Gasteiger partial charge in [-0.25, -0.2) is 14.2 Å². The molecule has 1 fully saturated rings. The van der Waals surface area contributed by atoms with Gasteiger partial charge in [0.2, 0.25) is 5.82 Å². The van der Waals surface area contributed by atoms with Crippen LogP contribution >= 0.6 is 11.3 Å². The van der Waals surface area contributed by atoms with Crippen molar-refractivity contribution in [3.05, 3.63) is 71.0 Å². The molecule has 0 spiro atoms. The first kappa shape index (κ1) is 20.8. The minimum absolute atomic E-state index is 0.0426. The number of thiazole rings is 1. The Morgan fingerprint density at radius 1 is 1.12 bits per heavy atom. The lowest BCUT2D eigenvalue weighted by Crippen LogP contribution is -2.51. The zero-order chi connectivity index (χ0) is 23.1. The van der Waals surface area contributed by atoms with Crippen molar-refractivity contribution in [1.82, 2.24) is 15.1 Å². The topological polar surface area (TPSA) is 103 Å². The van der Waals surface area contributed by atoms with Gasteiger partial charge in [0.25, 0.3) is 0 Å². The van der Waals surface area contributed by atoms with Crippen LogP contribution in [0.5, 0.6) is 5.75 Å². The first-order valence-corrected chi connectivity index (χ1v) is 11.4. The lowest BCUT2D eigenvalue weighted by atomic mass is 9.97. The third kappa shape index (κ3) is 3.88. The minimum Gasteiger partial charge on any atom is -0.410 e. The second-order valence-electron chi connectivity index (χ2n) is 7.88. The number of fused-ring (bicyclic) bond motifs is 4. The first-order chi connectivity index (χ1) is 16.6. The summed E-state index contributed by atoms with van der Waals surface area (Å²) in [6.07, 6.45) is 0.000604. The second kappa shape index (κ2) is 8.50. The second-order valence-corrected chi connectivity index (χ2v) is 8.91. The van der Waals surface area contributed by atoms with Gasteiger partial charge in [-0.2, -0.15) is 4.98 Å². The Kier molecular flexibility index (Phi) is 5.19. The molecule has 4 aromatic rings. The molecule has 1 saturated heterocycles. The standard InChI is InChI=1S/C23H18FN5O4S/c24-14-8-6-13(7-9-14)20-26-22(33-28-20)29-15-10-17-19(18(29)12-31-11-15)34-21(25-17)27-23(30)32-16-4-2-1-3-5-16/h1-9,15,18H,10-12H2,(H,25,27,30). The number of hydrogen-bond donors (Lipinski definition) is 1. The van der Waals surface area contributed by atoms with Crippen LogP contribution in [0.15, 0.2) is 59.1 Å². The summed E-state index contributed by atoms with van der Waals surface area (Å²) in [6, 6.07) is 14.9. The van der Waals surface area contributed by atoms with E-state index in [4.69, 9.17) is 14.0 Å². The molecule has 9 nitrogen and oxygen atoms in total. The normalized spacial score (nSPS) is 18.9. The number of para-hydroxylation sites is 1. The first-order valence-electron chi connectivity index (χ1n) is 10.6. The van der Waals surface area contributed by atoms with Crippen molar-refractivity contribution in [2.24, 2.45) is 0 Å². The molecule has 0 aliphatic carbocycles. The molecule has 1 amide bonds. The highest BCUT2D eigenvalue weighted by Crippen LogP contribution is 2.43. The molecule has 2 aliphatic rings. The van der Waals surface area contributed by atoms with Crippen LogP contribution in [0.4, 0.5) is 20.3 Å². The molecule has 2 atom stereocenters. The van der Waals surface area contributed by atoms with E-state index in [1.165, 1.54) is 23.5 Å². The number of nitrogens with zero attached hydrogens (tertiary/aromatic N) is 4. The van der Waals surface area contributed by atoms with Crippen molar-refractivity contribution in [3.63, 3.8) is 0 Å². The van der Waals surface area contributed by atoms with Gasteiger partial charge >= 0.3 is 12.1 Å². The molecule has 0 radical (unpaired) electrons. The highest BCUT2D eigenvalue weighted by Gasteiger charge is 2.43. The number of halogens is 1. The fourth-order valence-corrected chi connectivity index (χ4v) is 5.23. The largest absolute Gasteiger partial charge is 0.418 e. The summed E-state index contributed by atoms with van der Waals surface area (Å²) in [5.41, 5.74) is 1.57. The number of morpholine rings is 1. The van der Waals surface area contributed by atoms with E-state index >= 15 is 0 Å². The van der Waals surface area contributed by atoms with Crippen LogP contribution < -0.4 is 15.0 Å². The van der Waals surface area contributed by atoms with E-state index in [1.54, 1.807) is 36.4 Å². The average Bonchev–Trinajstić information content (AvgIpc) is 3.47. The van der Waals surface area contributed by atoms with Gasteiger partial charge in [-0.3, -0.25) is 5.32 Å². The van der Waals surface area contributed by atoms with Crippen LogP contribution in [0, 0.1) is 5.82 Å². The summed E-state index contributed by atoms with van der Waals surface area (Å²) in [7, 11) is 0. The SMILES string of the molecule is O=C(Nc1nc2c(s1)C1COCC(C2)N1c1nc(-c2ccc(F)cc2)no1)Oc1ccccc1. The van der Waals surface area contributed by atoms with E-state index in [1.807, 2.05) is 6.07 Å². The summed E-state index contributed by atoms with van der Waals surface area (Å²) in [6.45, 7) is 0.911. The Balaban J connectivity index is 1.23. The fraction of sp³-hybridized carbons (Fsp3) is 0.217. The molecular formula is C23H18FN5O4S. The van der Waals surface area contributed by atoms with Gasteiger partial charge in [0.15, 0.2) is 5.13 Å². The van der Waals surface area contributed by atoms with Crippen molar-refractivity contribution >= 4 is 28.6 Å². The number of carbonyl (C=O) groups is 1. The minimum atomic E-state index is -0.603. The Morgan fingerprint density at radius 3 is 2.76 bits per heavy atom. The third-order valence-electron chi connectivity index (χ3n) is 5.68. The molecular weight excluding hydrogens is 461 g/mol. The van der Waals surface area contributed by atoms with Gasteiger partial charge in [-0.1, -0.05) is 34.7 Å². The van der Waals surface area contributed by atoms with Crippen LogP contribution in [0.2, 0.25) is 0 Å². The van der Waals surface area contributed by atoms with Crippen molar-refractivity contribution < 1.29 is 23.2 Å². The molecule has 2 aromatic heterocycles. The Bertz CT molecular complexity index is 1330. The Labute approximate surface area is 197 Å². The highest BCUT2D eigenvalue weighted by molar-refractivity contribution is 7.16. The Hall–Kier alpha value is -3.83. The number of benzene rings is 2. The lowest BCUT2D eigenvalue weighted by molar-refractivity contribution is 0.0570. The summed E-state index contributed by atoms with van der Waals surface area (Å²) >= 11 is 1.37. The van der Waals surface area contributed by atoms with Crippen LogP contribution in [-0.2, 0) is 11.2 Å². The van der Waals surface area contributed by atoms with Crippen molar-refractivity contribution in [2.75, 3.05) is 23.4 Å².